The molecule has 0 radical (unpaired) electrons. The van der Waals surface area contributed by atoms with Gasteiger partial charge in [0.1, 0.15) is 18.1 Å². The Morgan fingerprint density at radius 3 is 2.63 bits per heavy atom. The molecule has 8 heteroatoms. The van der Waals surface area contributed by atoms with E-state index < -0.39 is 12.6 Å². The van der Waals surface area contributed by atoms with Crippen LogP contribution < -0.4 is 14.4 Å². The number of halogens is 2. The minimum atomic E-state index is -2.89. The van der Waals surface area contributed by atoms with E-state index in [1.165, 1.54) is 29.2 Å². The number of benzene rings is 2. The molecule has 0 fully saturated rings. The van der Waals surface area contributed by atoms with Crippen LogP contribution in [0.25, 0.3) is 0 Å². The molecule has 1 aliphatic rings. The van der Waals surface area contributed by atoms with Crippen molar-refractivity contribution in [3.05, 3.63) is 54.1 Å². The number of anilines is 1. The van der Waals surface area contributed by atoms with E-state index in [-0.39, 0.29) is 37.8 Å². The van der Waals surface area contributed by atoms with E-state index in [4.69, 9.17) is 9.47 Å². The second-order valence-electron chi connectivity index (χ2n) is 5.73. The van der Waals surface area contributed by atoms with E-state index in [9.17, 15) is 18.4 Å². The maximum absolute atomic E-state index is 12.1. The Labute approximate surface area is 154 Å². The third-order valence-corrected chi connectivity index (χ3v) is 3.90. The number of hydrogen-bond acceptors (Lipinski definition) is 5. The zero-order valence-electron chi connectivity index (χ0n) is 14.3. The number of rotatable bonds is 7. The SMILES string of the molecule is O=C(CCN1C(=O)COc2ccccc21)OCc1ccc(OC(F)F)cc1. The number of carbonyl (C=O) groups excluding carboxylic acids is 2. The van der Waals surface area contributed by atoms with E-state index in [1.54, 1.807) is 24.3 Å². The molecule has 0 saturated carbocycles. The fourth-order valence-corrected chi connectivity index (χ4v) is 2.61. The standard InChI is InChI=1S/C19H17F2NO5/c20-19(21)27-14-7-5-13(6-8-14)11-26-18(24)9-10-22-15-3-1-2-4-16(15)25-12-17(22)23/h1-8,19H,9-12H2. The van der Waals surface area contributed by atoms with Gasteiger partial charge in [0.25, 0.3) is 5.91 Å². The second-order valence-corrected chi connectivity index (χ2v) is 5.73. The molecule has 0 aromatic heterocycles. The Morgan fingerprint density at radius 1 is 1.15 bits per heavy atom. The van der Waals surface area contributed by atoms with Crippen molar-refractivity contribution in [3.63, 3.8) is 0 Å². The lowest BCUT2D eigenvalue weighted by atomic mass is 10.2. The first-order valence-corrected chi connectivity index (χ1v) is 8.24. The van der Waals surface area contributed by atoms with Gasteiger partial charge in [0.15, 0.2) is 6.61 Å². The monoisotopic (exact) mass is 377 g/mol. The summed E-state index contributed by atoms with van der Waals surface area (Å²) >= 11 is 0. The Morgan fingerprint density at radius 2 is 1.89 bits per heavy atom. The summed E-state index contributed by atoms with van der Waals surface area (Å²) in [5, 5.41) is 0. The topological polar surface area (TPSA) is 65.1 Å². The van der Waals surface area contributed by atoms with Crippen LogP contribution in [0.1, 0.15) is 12.0 Å². The number of hydrogen-bond donors (Lipinski definition) is 0. The van der Waals surface area contributed by atoms with Crippen LogP contribution in [0.4, 0.5) is 14.5 Å². The van der Waals surface area contributed by atoms with Crippen molar-refractivity contribution in [2.45, 2.75) is 19.6 Å². The first kappa shape index (κ1) is 18.6. The zero-order valence-corrected chi connectivity index (χ0v) is 14.3. The fourth-order valence-electron chi connectivity index (χ4n) is 2.61. The molecule has 142 valence electrons. The molecule has 6 nitrogen and oxygen atoms in total. The lowest BCUT2D eigenvalue weighted by Gasteiger charge is -2.28. The summed E-state index contributed by atoms with van der Waals surface area (Å²) < 4.78 is 39.0. The van der Waals surface area contributed by atoms with Gasteiger partial charge in [-0.2, -0.15) is 8.78 Å². The van der Waals surface area contributed by atoms with Gasteiger partial charge in [0, 0.05) is 6.54 Å². The summed E-state index contributed by atoms with van der Waals surface area (Å²) in [6.45, 7) is -2.78. The van der Waals surface area contributed by atoms with Crippen molar-refractivity contribution >= 4 is 17.6 Å². The van der Waals surface area contributed by atoms with E-state index in [2.05, 4.69) is 4.74 Å². The number of amides is 1. The highest BCUT2D eigenvalue weighted by Gasteiger charge is 2.25. The van der Waals surface area contributed by atoms with Gasteiger partial charge in [-0.05, 0) is 29.8 Å². The normalized spacial score (nSPS) is 13.1. The van der Waals surface area contributed by atoms with Crippen LogP contribution in [0.5, 0.6) is 11.5 Å². The molecule has 0 saturated heterocycles. The Kier molecular flexibility index (Phi) is 5.85. The lowest BCUT2D eigenvalue weighted by Crippen LogP contribution is -2.40. The molecular weight excluding hydrogens is 360 g/mol. The summed E-state index contributed by atoms with van der Waals surface area (Å²) in [5.41, 5.74) is 1.26. The highest BCUT2D eigenvalue weighted by atomic mass is 19.3. The molecular formula is C19H17F2NO5. The maximum atomic E-state index is 12.1. The molecule has 27 heavy (non-hydrogen) atoms. The smallest absolute Gasteiger partial charge is 0.387 e. The van der Waals surface area contributed by atoms with Crippen molar-refractivity contribution in [2.24, 2.45) is 0 Å². The number of alkyl halides is 2. The molecule has 0 spiro atoms. The number of para-hydroxylation sites is 2. The van der Waals surface area contributed by atoms with Crippen LogP contribution >= 0.6 is 0 Å². The minimum absolute atomic E-state index is 0.00143. The first-order valence-electron chi connectivity index (χ1n) is 8.24. The Hall–Kier alpha value is -3.16. The Bertz CT molecular complexity index is 810. The summed E-state index contributed by atoms with van der Waals surface area (Å²) in [5.74, 6) is -0.0723. The third kappa shape index (κ3) is 4.93. The Balaban J connectivity index is 1.49. The highest BCUT2D eigenvalue weighted by molar-refractivity contribution is 5.98. The number of carbonyl (C=O) groups is 2. The van der Waals surface area contributed by atoms with Gasteiger partial charge in [-0.3, -0.25) is 9.59 Å². The van der Waals surface area contributed by atoms with Crippen molar-refractivity contribution < 1.29 is 32.6 Å². The van der Waals surface area contributed by atoms with Crippen LogP contribution in [0.2, 0.25) is 0 Å². The maximum Gasteiger partial charge on any atom is 0.387 e. The van der Waals surface area contributed by atoms with Gasteiger partial charge < -0.3 is 19.1 Å². The minimum Gasteiger partial charge on any atom is -0.482 e. The van der Waals surface area contributed by atoms with Crippen molar-refractivity contribution in [2.75, 3.05) is 18.1 Å². The van der Waals surface area contributed by atoms with Crippen LogP contribution in [0, 0.1) is 0 Å². The molecule has 3 rings (SSSR count). The summed E-state index contributed by atoms with van der Waals surface area (Å²) in [6.07, 6.45) is 0.0205. The third-order valence-electron chi connectivity index (χ3n) is 3.90. The highest BCUT2D eigenvalue weighted by Crippen LogP contribution is 2.31. The molecule has 1 aliphatic heterocycles. The van der Waals surface area contributed by atoms with Gasteiger partial charge in [-0.25, -0.2) is 0 Å². The molecule has 2 aromatic rings. The lowest BCUT2D eigenvalue weighted by molar-refractivity contribution is -0.144. The summed E-state index contributed by atoms with van der Waals surface area (Å²) in [6, 6.07) is 12.9. The number of fused-ring (bicyclic) bond motifs is 1. The largest absolute Gasteiger partial charge is 0.482 e. The second kappa shape index (κ2) is 8.48. The van der Waals surface area contributed by atoms with Gasteiger partial charge in [0.2, 0.25) is 0 Å². The quantitative estimate of drug-likeness (QED) is 0.694. The van der Waals surface area contributed by atoms with Crippen LogP contribution in [-0.2, 0) is 20.9 Å². The van der Waals surface area contributed by atoms with Gasteiger partial charge in [-0.15, -0.1) is 0 Å². The molecule has 1 amide bonds. The number of nitrogens with zero attached hydrogens (tertiary/aromatic N) is 1. The first-order chi connectivity index (χ1) is 13.0. The van der Waals surface area contributed by atoms with Crippen molar-refractivity contribution in [1.82, 2.24) is 0 Å². The fraction of sp³-hybridized carbons (Fsp3) is 0.263. The number of ether oxygens (including phenoxy) is 3. The van der Waals surface area contributed by atoms with E-state index in [1.807, 2.05) is 0 Å². The van der Waals surface area contributed by atoms with E-state index in [0.717, 1.165) is 0 Å². The number of esters is 1. The molecule has 0 atom stereocenters. The summed E-state index contributed by atoms with van der Waals surface area (Å²) in [4.78, 5) is 25.5. The molecule has 0 aliphatic carbocycles. The zero-order chi connectivity index (χ0) is 19.2. The predicted octanol–water partition coefficient (Wildman–Crippen LogP) is 3.15. The van der Waals surface area contributed by atoms with Crippen LogP contribution in [0.15, 0.2) is 48.5 Å². The molecule has 1 heterocycles. The summed E-state index contributed by atoms with van der Waals surface area (Å²) in [7, 11) is 0. The molecule has 0 N–H and O–H groups in total. The van der Waals surface area contributed by atoms with Gasteiger partial charge in [-0.1, -0.05) is 24.3 Å². The van der Waals surface area contributed by atoms with Crippen LogP contribution in [-0.4, -0.2) is 31.6 Å². The van der Waals surface area contributed by atoms with Gasteiger partial charge in [0.05, 0.1) is 12.1 Å². The van der Waals surface area contributed by atoms with Crippen molar-refractivity contribution in [1.29, 1.82) is 0 Å². The molecule has 2 aromatic carbocycles. The van der Waals surface area contributed by atoms with Crippen LogP contribution in [0.3, 0.4) is 0 Å². The average molecular weight is 377 g/mol. The molecule has 0 bridgehead atoms. The average Bonchev–Trinajstić information content (AvgIpc) is 2.66. The van der Waals surface area contributed by atoms with Crippen molar-refractivity contribution in [3.8, 4) is 11.5 Å². The van der Waals surface area contributed by atoms with Gasteiger partial charge >= 0.3 is 12.6 Å². The van der Waals surface area contributed by atoms with E-state index >= 15 is 0 Å². The van der Waals surface area contributed by atoms with E-state index in [0.29, 0.717) is 17.0 Å². The predicted molar refractivity (Wildman–Crippen MR) is 91.8 cm³/mol. The molecule has 0 unspecified atom stereocenters.